The SMILES string of the molecule is O=[N+]([O-])c1ccc(CCCC(CP(=O)(O)O)CP(=O)(O)O)c([N+](=O)[O-])c1. The van der Waals surface area contributed by atoms with E-state index in [4.69, 9.17) is 19.6 Å². The van der Waals surface area contributed by atoms with Gasteiger partial charge < -0.3 is 19.6 Å². The summed E-state index contributed by atoms with van der Waals surface area (Å²) in [7, 11) is -8.98. The molecule has 0 atom stereocenters. The fraction of sp³-hybridized carbons (Fsp3) is 0.500. The zero-order valence-corrected chi connectivity index (χ0v) is 15.2. The van der Waals surface area contributed by atoms with Gasteiger partial charge >= 0.3 is 15.2 Å². The molecule has 0 aliphatic heterocycles. The molecule has 0 fully saturated rings. The van der Waals surface area contributed by atoms with Crippen molar-refractivity contribution < 1.29 is 38.6 Å². The minimum atomic E-state index is -4.49. The van der Waals surface area contributed by atoms with Crippen molar-refractivity contribution >= 4 is 26.6 Å². The lowest BCUT2D eigenvalue weighted by Gasteiger charge is -2.18. The molecule has 26 heavy (non-hydrogen) atoms. The maximum Gasteiger partial charge on any atom is 0.325 e. The normalized spacial score (nSPS) is 12.3. The van der Waals surface area contributed by atoms with Gasteiger partial charge in [0, 0.05) is 11.6 Å². The Balaban J connectivity index is 2.86. The van der Waals surface area contributed by atoms with E-state index in [2.05, 4.69) is 0 Å². The number of benzene rings is 1. The van der Waals surface area contributed by atoms with Crippen LogP contribution in [-0.2, 0) is 15.6 Å². The summed E-state index contributed by atoms with van der Waals surface area (Å²) in [6.07, 6.45) is -1.18. The van der Waals surface area contributed by atoms with E-state index in [0.29, 0.717) is 0 Å². The highest BCUT2D eigenvalue weighted by Gasteiger charge is 2.28. The molecule has 1 aromatic carbocycles. The molecule has 1 aromatic rings. The second-order valence-electron chi connectivity index (χ2n) is 5.78. The minimum Gasteiger partial charge on any atom is -0.324 e. The molecule has 0 amide bonds. The predicted octanol–water partition coefficient (Wildman–Crippen LogP) is 1.80. The highest BCUT2D eigenvalue weighted by molar-refractivity contribution is 7.52. The lowest BCUT2D eigenvalue weighted by Crippen LogP contribution is -2.13. The van der Waals surface area contributed by atoms with Crippen LogP contribution in [0.3, 0.4) is 0 Å². The first-order valence-corrected chi connectivity index (χ1v) is 10.9. The van der Waals surface area contributed by atoms with Crippen LogP contribution in [0.25, 0.3) is 0 Å². The van der Waals surface area contributed by atoms with E-state index in [9.17, 15) is 29.4 Å². The Morgan fingerprint density at radius 3 is 1.92 bits per heavy atom. The lowest BCUT2D eigenvalue weighted by molar-refractivity contribution is -0.394. The molecule has 146 valence electrons. The third kappa shape index (κ3) is 8.13. The van der Waals surface area contributed by atoms with Crippen molar-refractivity contribution in [1.82, 2.24) is 0 Å². The molecule has 0 spiro atoms. The first kappa shape index (κ1) is 22.4. The van der Waals surface area contributed by atoms with Gasteiger partial charge in [0.2, 0.25) is 0 Å². The minimum absolute atomic E-state index is 0.0182. The Kier molecular flexibility index (Phi) is 7.57. The van der Waals surface area contributed by atoms with E-state index in [0.717, 1.165) is 12.1 Å². The first-order chi connectivity index (χ1) is 11.8. The Hall–Kier alpha value is -1.68. The van der Waals surface area contributed by atoms with E-state index in [1.807, 2.05) is 0 Å². The van der Waals surface area contributed by atoms with Gasteiger partial charge in [0.1, 0.15) is 0 Å². The molecule has 0 radical (unpaired) electrons. The number of aryl methyl sites for hydroxylation is 1. The van der Waals surface area contributed by atoms with Gasteiger partial charge in [-0.15, -0.1) is 0 Å². The van der Waals surface area contributed by atoms with Gasteiger partial charge in [0.05, 0.1) is 28.2 Å². The molecule has 0 aliphatic carbocycles. The Morgan fingerprint density at radius 2 is 1.50 bits per heavy atom. The predicted molar refractivity (Wildman–Crippen MR) is 90.0 cm³/mol. The Bertz CT molecular complexity index is 747. The molecule has 4 N–H and O–H groups in total. The zero-order chi connectivity index (χ0) is 20.1. The van der Waals surface area contributed by atoms with Gasteiger partial charge in [0.15, 0.2) is 0 Å². The van der Waals surface area contributed by atoms with E-state index in [1.54, 1.807) is 0 Å². The van der Waals surface area contributed by atoms with Crippen LogP contribution >= 0.6 is 15.2 Å². The summed E-state index contributed by atoms with van der Waals surface area (Å²) in [5.41, 5.74) is -0.714. The molecule has 0 saturated heterocycles. The number of nitro groups is 2. The Labute approximate surface area is 147 Å². The van der Waals surface area contributed by atoms with Crippen molar-refractivity contribution in [3.63, 3.8) is 0 Å². The number of nitro benzene ring substituents is 2. The van der Waals surface area contributed by atoms with Crippen molar-refractivity contribution in [2.24, 2.45) is 5.92 Å². The maximum atomic E-state index is 11.1. The summed E-state index contributed by atoms with van der Waals surface area (Å²) in [6.45, 7) is 0. The van der Waals surface area contributed by atoms with E-state index in [1.165, 1.54) is 6.07 Å². The molecular formula is C12H18N2O10P2. The molecule has 0 aromatic heterocycles. The molecule has 0 aliphatic rings. The number of non-ortho nitro benzene ring substituents is 1. The van der Waals surface area contributed by atoms with E-state index in [-0.39, 0.29) is 24.8 Å². The summed E-state index contributed by atoms with van der Waals surface area (Å²) >= 11 is 0. The highest BCUT2D eigenvalue weighted by atomic mass is 31.2. The van der Waals surface area contributed by atoms with Crippen molar-refractivity contribution in [3.8, 4) is 0 Å². The topological polar surface area (TPSA) is 201 Å². The van der Waals surface area contributed by atoms with Crippen LogP contribution in [0.2, 0.25) is 0 Å². The molecule has 1 rings (SSSR count). The molecule has 0 unspecified atom stereocenters. The smallest absolute Gasteiger partial charge is 0.324 e. The third-order valence-electron chi connectivity index (χ3n) is 3.53. The van der Waals surface area contributed by atoms with Gasteiger partial charge in [-0.25, -0.2) is 0 Å². The molecule has 12 nitrogen and oxygen atoms in total. The van der Waals surface area contributed by atoms with E-state index < -0.39 is 54.7 Å². The second kappa shape index (κ2) is 8.81. The molecule has 14 heteroatoms. The summed E-state index contributed by atoms with van der Waals surface area (Å²) in [5, 5.41) is 21.7. The van der Waals surface area contributed by atoms with Crippen LogP contribution in [-0.4, -0.2) is 41.7 Å². The standard InChI is InChI=1S/C12H18N2O10P2/c15-13(16)11-5-4-10(12(6-11)14(17)18)3-1-2-9(7-25(19,20)21)8-26(22,23)24/h4-6,9H,1-3,7-8H2,(H2,19,20,21)(H2,22,23,24). The number of hydrogen-bond donors (Lipinski definition) is 4. The van der Waals surface area contributed by atoms with Crippen molar-refractivity contribution in [2.75, 3.05) is 12.3 Å². The van der Waals surface area contributed by atoms with Gasteiger partial charge in [-0.2, -0.15) is 0 Å². The number of hydrogen-bond acceptors (Lipinski definition) is 6. The van der Waals surface area contributed by atoms with Crippen LogP contribution in [0.15, 0.2) is 18.2 Å². The van der Waals surface area contributed by atoms with Crippen LogP contribution in [0.4, 0.5) is 11.4 Å². The third-order valence-corrected chi connectivity index (χ3v) is 5.51. The quantitative estimate of drug-likeness (QED) is 0.249. The summed E-state index contributed by atoms with van der Waals surface area (Å²) < 4.78 is 22.2. The van der Waals surface area contributed by atoms with Crippen molar-refractivity contribution in [3.05, 3.63) is 44.0 Å². The zero-order valence-electron chi connectivity index (χ0n) is 13.4. The molecule has 0 saturated carbocycles. The second-order valence-corrected chi connectivity index (χ2v) is 9.17. The van der Waals surface area contributed by atoms with Crippen LogP contribution in [0.1, 0.15) is 18.4 Å². The largest absolute Gasteiger partial charge is 0.325 e. The monoisotopic (exact) mass is 412 g/mol. The van der Waals surface area contributed by atoms with Gasteiger partial charge in [-0.1, -0.05) is 0 Å². The highest BCUT2D eigenvalue weighted by Crippen LogP contribution is 2.44. The van der Waals surface area contributed by atoms with Gasteiger partial charge in [-0.05, 0) is 31.2 Å². The molecule has 0 heterocycles. The van der Waals surface area contributed by atoms with Crippen molar-refractivity contribution in [1.29, 1.82) is 0 Å². The first-order valence-electron chi connectivity index (χ1n) is 7.29. The van der Waals surface area contributed by atoms with Crippen LogP contribution in [0, 0.1) is 26.1 Å². The fourth-order valence-corrected chi connectivity index (χ4v) is 4.71. The lowest BCUT2D eigenvalue weighted by atomic mass is 10.0. The average molecular weight is 412 g/mol. The van der Waals surface area contributed by atoms with Crippen LogP contribution in [0.5, 0.6) is 0 Å². The summed E-state index contributed by atoms with van der Waals surface area (Å²) in [4.78, 5) is 56.2. The Morgan fingerprint density at radius 1 is 0.962 bits per heavy atom. The van der Waals surface area contributed by atoms with Gasteiger partial charge in [-0.3, -0.25) is 29.4 Å². The van der Waals surface area contributed by atoms with Gasteiger partial charge in [0.25, 0.3) is 11.4 Å². The summed E-state index contributed by atoms with van der Waals surface area (Å²) in [6, 6.07) is 3.14. The van der Waals surface area contributed by atoms with Crippen LogP contribution < -0.4 is 0 Å². The molecular weight excluding hydrogens is 394 g/mol. The average Bonchev–Trinajstić information content (AvgIpc) is 2.43. The van der Waals surface area contributed by atoms with Crippen molar-refractivity contribution in [2.45, 2.75) is 19.3 Å². The maximum absolute atomic E-state index is 11.1. The number of nitrogens with zero attached hydrogens (tertiary/aromatic N) is 2. The molecule has 0 bridgehead atoms. The summed E-state index contributed by atoms with van der Waals surface area (Å²) in [5.74, 6) is -0.964. The fourth-order valence-electron chi connectivity index (χ4n) is 2.54. The number of rotatable bonds is 10. The van der Waals surface area contributed by atoms with E-state index >= 15 is 0 Å².